The predicted molar refractivity (Wildman–Crippen MR) is 90.8 cm³/mol. The first-order chi connectivity index (χ1) is 10.6. The second kappa shape index (κ2) is 5.08. The van der Waals surface area contributed by atoms with Crippen molar-refractivity contribution in [3.8, 4) is 11.4 Å². The Hall–Kier alpha value is -1.36. The molecule has 1 aromatic carbocycles. The molecule has 112 valence electrons. The van der Waals surface area contributed by atoms with E-state index < -0.39 is 0 Å². The highest BCUT2D eigenvalue weighted by Crippen LogP contribution is 2.54. The number of hydrogen-bond donors (Lipinski definition) is 0. The number of nitrogens with zero attached hydrogens (tertiary/aromatic N) is 3. The van der Waals surface area contributed by atoms with Gasteiger partial charge in [-0.05, 0) is 42.5 Å². The molecule has 1 aliphatic rings. The third-order valence-electron chi connectivity index (χ3n) is 4.22. The number of hydrogen-bond acceptors (Lipinski definition) is 3. The third kappa shape index (κ3) is 2.09. The molecule has 0 amide bonds. The predicted octanol–water partition coefficient (Wildman–Crippen LogP) is 4.93. The van der Waals surface area contributed by atoms with Crippen LogP contribution in [0.3, 0.4) is 0 Å². The largest absolute Gasteiger partial charge is 0.313 e. The highest BCUT2D eigenvalue weighted by Gasteiger charge is 2.50. The molecular weight excluding hydrogens is 337 g/mol. The van der Waals surface area contributed by atoms with Crippen LogP contribution in [0, 0.1) is 0 Å². The zero-order chi connectivity index (χ0) is 15.3. The number of rotatable bonds is 3. The summed E-state index contributed by atoms with van der Waals surface area (Å²) < 4.78 is 2.06. The lowest BCUT2D eigenvalue weighted by Gasteiger charge is -2.13. The topological polar surface area (TPSA) is 30.7 Å². The Morgan fingerprint density at radius 1 is 1.18 bits per heavy atom. The Kier molecular flexibility index (Phi) is 3.29. The molecule has 22 heavy (non-hydrogen) atoms. The van der Waals surface area contributed by atoms with E-state index in [-0.39, 0.29) is 5.41 Å². The van der Waals surface area contributed by atoms with E-state index >= 15 is 0 Å². The maximum absolute atomic E-state index is 6.31. The molecule has 0 saturated heterocycles. The second-order valence-electron chi connectivity index (χ2n) is 5.59. The molecular formula is C16H13Cl2N3S. The van der Waals surface area contributed by atoms with Crippen LogP contribution in [0.5, 0.6) is 0 Å². The fraction of sp³-hybridized carbons (Fsp3) is 0.250. The van der Waals surface area contributed by atoms with Crippen molar-refractivity contribution in [3.63, 3.8) is 0 Å². The van der Waals surface area contributed by atoms with Crippen molar-refractivity contribution < 1.29 is 0 Å². The van der Waals surface area contributed by atoms with Crippen molar-refractivity contribution in [3.05, 3.63) is 56.5 Å². The van der Waals surface area contributed by atoms with E-state index in [9.17, 15) is 0 Å². The van der Waals surface area contributed by atoms with Gasteiger partial charge >= 0.3 is 0 Å². The van der Waals surface area contributed by atoms with Crippen molar-refractivity contribution >= 4 is 34.5 Å². The molecule has 1 fully saturated rings. The summed E-state index contributed by atoms with van der Waals surface area (Å²) in [5.74, 6) is 1.79. The molecule has 3 aromatic rings. The molecule has 6 heteroatoms. The smallest absolute Gasteiger partial charge is 0.165 e. The van der Waals surface area contributed by atoms with Crippen LogP contribution >= 0.6 is 34.5 Å². The van der Waals surface area contributed by atoms with E-state index in [0.717, 1.165) is 30.1 Å². The summed E-state index contributed by atoms with van der Waals surface area (Å²) in [5.41, 5.74) is 0.891. The van der Waals surface area contributed by atoms with Gasteiger partial charge in [-0.25, -0.2) is 0 Å². The lowest BCUT2D eigenvalue weighted by molar-refractivity contribution is 0.704. The number of thiophene rings is 1. The summed E-state index contributed by atoms with van der Waals surface area (Å²) >= 11 is 14.1. The fourth-order valence-electron chi connectivity index (χ4n) is 2.91. The van der Waals surface area contributed by atoms with Gasteiger partial charge in [-0.2, -0.15) is 0 Å². The first kappa shape index (κ1) is 14.2. The highest BCUT2D eigenvalue weighted by molar-refractivity contribution is 7.10. The van der Waals surface area contributed by atoms with Gasteiger partial charge in [-0.15, -0.1) is 21.5 Å². The van der Waals surface area contributed by atoms with Gasteiger partial charge in [0.25, 0.3) is 0 Å². The molecule has 3 nitrogen and oxygen atoms in total. The molecule has 1 aliphatic carbocycles. The minimum atomic E-state index is 0.0348. The van der Waals surface area contributed by atoms with Crippen LogP contribution in [0.1, 0.15) is 23.5 Å². The van der Waals surface area contributed by atoms with Crippen LogP contribution in [0.25, 0.3) is 11.4 Å². The van der Waals surface area contributed by atoms with Crippen molar-refractivity contribution in [2.45, 2.75) is 18.3 Å². The summed E-state index contributed by atoms with van der Waals surface area (Å²) in [4.78, 5) is 1.36. The second-order valence-corrected chi connectivity index (χ2v) is 7.38. The van der Waals surface area contributed by atoms with E-state index in [4.69, 9.17) is 23.2 Å². The Morgan fingerprint density at radius 3 is 2.64 bits per heavy atom. The minimum Gasteiger partial charge on any atom is -0.313 e. The van der Waals surface area contributed by atoms with Crippen LogP contribution in [-0.4, -0.2) is 14.8 Å². The lowest BCUT2D eigenvalue weighted by atomic mass is 10.0. The Morgan fingerprint density at radius 2 is 2.00 bits per heavy atom. The Labute approximate surface area is 142 Å². The summed E-state index contributed by atoms with van der Waals surface area (Å²) in [6.07, 6.45) is 2.24. The van der Waals surface area contributed by atoms with Crippen LogP contribution in [0.15, 0.2) is 35.7 Å². The summed E-state index contributed by atoms with van der Waals surface area (Å²) in [6, 6.07) is 9.72. The zero-order valence-corrected chi connectivity index (χ0v) is 14.2. The normalized spacial score (nSPS) is 16.0. The van der Waals surface area contributed by atoms with Gasteiger partial charge < -0.3 is 4.57 Å². The first-order valence-electron chi connectivity index (χ1n) is 7.01. The lowest BCUT2D eigenvalue weighted by Crippen LogP contribution is -2.14. The number of halogens is 2. The van der Waals surface area contributed by atoms with E-state index in [2.05, 4.69) is 32.3 Å². The van der Waals surface area contributed by atoms with Gasteiger partial charge in [-0.3, -0.25) is 0 Å². The van der Waals surface area contributed by atoms with Crippen LogP contribution in [-0.2, 0) is 12.5 Å². The van der Waals surface area contributed by atoms with Gasteiger partial charge in [0.2, 0.25) is 0 Å². The average Bonchev–Trinajstić information content (AvgIpc) is 2.94. The van der Waals surface area contributed by atoms with Crippen LogP contribution < -0.4 is 0 Å². The summed E-state index contributed by atoms with van der Waals surface area (Å²) in [5, 5.41) is 12.2. The molecule has 0 N–H and O–H groups in total. The molecule has 2 aromatic heterocycles. The van der Waals surface area contributed by atoms with E-state index in [1.54, 1.807) is 17.4 Å². The monoisotopic (exact) mass is 349 g/mol. The van der Waals surface area contributed by atoms with Crippen molar-refractivity contribution in [2.24, 2.45) is 7.05 Å². The number of aromatic nitrogens is 3. The Balaban J connectivity index is 1.81. The molecule has 1 saturated carbocycles. The molecule has 0 atom stereocenters. The van der Waals surface area contributed by atoms with E-state index in [1.165, 1.54) is 4.88 Å². The third-order valence-corrected chi connectivity index (χ3v) is 5.84. The van der Waals surface area contributed by atoms with Crippen molar-refractivity contribution in [1.82, 2.24) is 14.8 Å². The standard InChI is InChI=1S/C16H13Cl2N3S/c1-21-14(11-5-4-10(17)9-12(11)18)19-20-15(21)16(6-7-16)13-3-2-8-22-13/h2-5,8-9H,6-7H2,1H3. The molecule has 0 bridgehead atoms. The molecule has 0 spiro atoms. The fourth-order valence-corrected chi connectivity index (χ4v) is 4.38. The maximum atomic E-state index is 6.31. The summed E-state index contributed by atoms with van der Waals surface area (Å²) in [7, 11) is 2.00. The van der Waals surface area contributed by atoms with Gasteiger partial charge in [0, 0.05) is 22.5 Å². The molecule has 4 rings (SSSR count). The number of benzene rings is 1. The molecule has 0 radical (unpaired) electrons. The first-order valence-corrected chi connectivity index (χ1v) is 8.65. The van der Waals surface area contributed by atoms with E-state index in [1.807, 2.05) is 19.2 Å². The maximum Gasteiger partial charge on any atom is 0.165 e. The molecule has 0 aliphatic heterocycles. The highest BCUT2D eigenvalue weighted by atomic mass is 35.5. The van der Waals surface area contributed by atoms with Crippen LogP contribution in [0.4, 0.5) is 0 Å². The van der Waals surface area contributed by atoms with Gasteiger partial charge in [-0.1, -0.05) is 29.3 Å². The quantitative estimate of drug-likeness (QED) is 0.671. The van der Waals surface area contributed by atoms with Gasteiger partial charge in [0.1, 0.15) is 5.82 Å². The van der Waals surface area contributed by atoms with Crippen molar-refractivity contribution in [1.29, 1.82) is 0 Å². The minimum absolute atomic E-state index is 0.0348. The van der Waals surface area contributed by atoms with Gasteiger partial charge in [0.15, 0.2) is 5.82 Å². The van der Waals surface area contributed by atoms with Gasteiger partial charge in [0.05, 0.1) is 10.4 Å². The van der Waals surface area contributed by atoms with Crippen molar-refractivity contribution in [2.75, 3.05) is 0 Å². The summed E-state index contributed by atoms with van der Waals surface area (Å²) in [6.45, 7) is 0. The SMILES string of the molecule is Cn1c(-c2ccc(Cl)cc2Cl)nnc1C1(c2cccs2)CC1. The molecule has 2 heterocycles. The van der Waals surface area contributed by atoms with Crippen LogP contribution in [0.2, 0.25) is 10.0 Å². The Bertz CT molecular complexity index is 835. The average molecular weight is 350 g/mol. The van der Waals surface area contributed by atoms with E-state index in [0.29, 0.717) is 10.0 Å². The zero-order valence-electron chi connectivity index (χ0n) is 11.9. The molecule has 0 unspecified atom stereocenters.